The summed E-state index contributed by atoms with van der Waals surface area (Å²) in [6, 6.07) is 0.431. The van der Waals surface area contributed by atoms with Gasteiger partial charge in [-0.3, -0.25) is 14.3 Å². The van der Waals surface area contributed by atoms with E-state index in [1.807, 2.05) is 0 Å². The first-order valence-corrected chi connectivity index (χ1v) is 6.77. The monoisotopic (exact) mass is 281 g/mol. The Morgan fingerprint density at radius 1 is 1.35 bits per heavy atom. The molecule has 7 nitrogen and oxygen atoms in total. The molecule has 0 unspecified atom stereocenters. The molecule has 2 amide bonds. The van der Waals surface area contributed by atoms with Crippen molar-refractivity contribution in [2.45, 2.75) is 39.3 Å². The lowest BCUT2D eigenvalue weighted by molar-refractivity contribution is -0.121. The summed E-state index contributed by atoms with van der Waals surface area (Å²) < 4.78 is 1.48. The van der Waals surface area contributed by atoms with E-state index in [4.69, 9.17) is 0 Å². The van der Waals surface area contributed by atoms with E-state index in [0.717, 1.165) is 13.0 Å². The van der Waals surface area contributed by atoms with Gasteiger partial charge in [0.05, 0.1) is 11.9 Å². The SMILES string of the molecule is CNC(=O)Cn1cc(NC(=O)CCCNC(C)C)cn1. The molecule has 20 heavy (non-hydrogen) atoms. The maximum Gasteiger partial charge on any atom is 0.241 e. The molecule has 0 radical (unpaired) electrons. The summed E-state index contributed by atoms with van der Waals surface area (Å²) in [4.78, 5) is 22.9. The molecule has 0 aliphatic rings. The van der Waals surface area contributed by atoms with E-state index in [0.29, 0.717) is 18.2 Å². The quantitative estimate of drug-likeness (QED) is 0.600. The van der Waals surface area contributed by atoms with Crippen molar-refractivity contribution in [3.63, 3.8) is 0 Å². The van der Waals surface area contributed by atoms with E-state index in [1.165, 1.54) is 10.9 Å². The second-order valence-corrected chi connectivity index (χ2v) is 4.86. The topological polar surface area (TPSA) is 88.0 Å². The van der Waals surface area contributed by atoms with E-state index in [2.05, 4.69) is 34.9 Å². The van der Waals surface area contributed by atoms with Crippen molar-refractivity contribution in [2.24, 2.45) is 0 Å². The molecule has 1 aromatic heterocycles. The lowest BCUT2D eigenvalue weighted by Crippen LogP contribution is -2.24. The predicted molar refractivity (Wildman–Crippen MR) is 77.3 cm³/mol. The van der Waals surface area contributed by atoms with Gasteiger partial charge in [-0.2, -0.15) is 5.10 Å². The summed E-state index contributed by atoms with van der Waals surface area (Å²) in [6.07, 6.45) is 4.42. The van der Waals surface area contributed by atoms with Gasteiger partial charge in [0.1, 0.15) is 6.54 Å². The van der Waals surface area contributed by atoms with E-state index in [-0.39, 0.29) is 18.4 Å². The summed E-state index contributed by atoms with van der Waals surface area (Å²) >= 11 is 0. The number of anilines is 1. The average molecular weight is 281 g/mol. The Morgan fingerprint density at radius 3 is 2.75 bits per heavy atom. The number of carbonyl (C=O) groups is 2. The minimum atomic E-state index is -0.134. The third-order valence-corrected chi connectivity index (χ3v) is 2.63. The smallest absolute Gasteiger partial charge is 0.241 e. The molecule has 3 N–H and O–H groups in total. The van der Waals surface area contributed by atoms with Gasteiger partial charge < -0.3 is 16.0 Å². The maximum atomic E-state index is 11.7. The van der Waals surface area contributed by atoms with Crippen LogP contribution in [0.4, 0.5) is 5.69 Å². The normalized spacial score (nSPS) is 10.6. The fourth-order valence-electron chi connectivity index (χ4n) is 1.60. The number of aromatic nitrogens is 2. The van der Waals surface area contributed by atoms with Gasteiger partial charge in [-0.05, 0) is 13.0 Å². The highest BCUT2D eigenvalue weighted by Gasteiger charge is 2.06. The van der Waals surface area contributed by atoms with Crippen LogP contribution in [0.2, 0.25) is 0 Å². The zero-order chi connectivity index (χ0) is 15.0. The van der Waals surface area contributed by atoms with Crippen LogP contribution in [0.3, 0.4) is 0 Å². The van der Waals surface area contributed by atoms with Gasteiger partial charge in [0, 0.05) is 25.7 Å². The van der Waals surface area contributed by atoms with Crippen molar-refractivity contribution in [1.82, 2.24) is 20.4 Å². The number of hydrogen-bond donors (Lipinski definition) is 3. The Hall–Kier alpha value is -1.89. The number of likely N-dealkylation sites (N-methyl/N-ethyl adjacent to an activating group) is 1. The highest BCUT2D eigenvalue weighted by Crippen LogP contribution is 2.05. The molecule has 0 saturated heterocycles. The molecule has 112 valence electrons. The number of nitrogens with one attached hydrogen (secondary N) is 3. The second kappa shape index (κ2) is 8.31. The zero-order valence-corrected chi connectivity index (χ0v) is 12.3. The van der Waals surface area contributed by atoms with Crippen LogP contribution >= 0.6 is 0 Å². The van der Waals surface area contributed by atoms with Gasteiger partial charge in [-0.1, -0.05) is 13.8 Å². The predicted octanol–water partition coefficient (Wildman–Crippen LogP) is 0.346. The van der Waals surface area contributed by atoms with E-state index in [1.54, 1.807) is 13.2 Å². The van der Waals surface area contributed by atoms with Crippen LogP contribution in [0, 0.1) is 0 Å². The lowest BCUT2D eigenvalue weighted by Gasteiger charge is -2.07. The molecule has 0 aromatic carbocycles. The highest BCUT2D eigenvalue weighted by molar-refractivity contribution is 5.90. The number of amides is 2. The minimum Gasteiger partial charge on any atom is -0.358 e. The maximum absolute atomic E-state index is 11.7. The Bertz CT molecular complexity index is 442. The zero-order valence-electron chi connectivity index (χ0n) is 12.3. The average Bonchev–Trinajstić information content (AvgIpc) is 2.81. The minimum absolute atomic E-state index is 0.0463. The van der Waals surface area contributed by atoms with Crippen LogP contribution in [0.15, 0.2) is 12.4 Å². The fraction of sp³-hybridized carbons (Fsp3) is 0.615. The molecule has 0 aliphatic heterocycles. The third-order valence-electron chi connectivity index (χ3n) is 2.63. The van der Waals surface area contributed by atoms with Gasteiger partial charge in [0.25, 0.3) is 0 Å². The fourth-order valence-corrected chi connectivity index (χ4v) is 1.60. The van der Waals surface area contributed by atoms with Gasteiger partial charge in [-0.25, -0.2) is 0 Å². The molecular formula is C13H23N5O2. The van der Waals surface area contributed by atoms with Gasteiger partial charge in [0.15, 0.2) is 0 Å². The molecule has 7 heteroatoms. The van der Waals surface area contributed by atoms with Crippen molar-refractivity contribution in [3.05, 3.63) is 12.4 Å². The second-order valence-electron chi connectivity index (χ2n) is 4.86. The Labute approximate surface area is 119 Å². The largest absolute Gasteiger partial charge is 0.358 e. The van der Waals surface area contributed by atoms with Crippen molar-refractivity contribution >= 4 is 17.5 Å². The van der Waals surface area contributed by atoms with Crippen molar-refractivity contribution in [3.8, 4) is 0 Å². The molecule has 0 saturated carbocycles. The standard InChI is InChI=1S/C13H23N5O2/c1-10(2)15-6-4-5-12(19)17-11-7-16-18(8-11)9-13(20)14-3/h7-8,10,15H,4-6,9H2,1-3H3,(H,14,20)(H,17,19). The van der Waals surface area contributed by atoms with Crippen LogP contribution < -0.4 is 16.0 Å². The van der Waals surface area contributed by atoms with Crippen molar-refractivity contribution in [1.29, 1.82) is 0 Å². The summed E-state index contributed by atoms with van der Waals surface area (Å²) in [5.74, 6) is -0.180. The molecule has 1 aromatic rings. The number of hydrogen-bond acceptors (Lipinski definition) is 4. The molecule has 0 fully saturated rings. The first-order valence-electron chi connectivity index (χ1n) is 6.77. The van der Waals surface area contributed by atoms with Gasteiger partial charge in [-0.15, -0.1) is 0 Å². The van der Waals surface area contributed by atoms with Crippen LogP contribution in [-0.4, -0.2) is 41.2 Å². The highest BCUT2D eigenvalue weighted by atomic mass is 16.2. The van der Waals surface area contributed by atoms with Gasteiger partial charge >= 0.3 is 0 Å². The first kappa shape index (κ1) is 16.2. The molecule has 0 spiro atoms. The molecule has 1 heterocycles. The summed E-state index contributed by atoms with van der Waals surface area (Å²) in [6.45, 7) is 5.10. The molecule has 0 aliphatic carbocycles. The van der Waals surface area contributed by atoms with Crippen LogP contribution in [0.5, 0.6) is 0 Å². The number of carbonyl (C=O) groups excluding carboxylic acids is 2. The van der Waals surface area contributed by atoms with Crippen molar-refractivity contribution in [2.75, 3.05) is 18.9 Å². The molecular weight excluding hydrogens is 258 g/mol. The van der Waals surface area contributed by atoms with E-state index >= 15 is 0 Å². The number of nitrogens with zero attached hydrogens (tertiary/aromatic N) is 2. The molecule has 0 atom stereocenters. The lowest BCUT2D eigenvalue weighted by atomic mass is 10.2. The van der Waals surface area contributed by atoms with Gasteiger partial charge in [0.2, 0.25) is 11.8 Å². The van der Waals surface area contributed by atoms with Crippen LogP contribution in [0.25, 0.3) is 0 Å². The van der Waals surface area contributed by atoms with E-state index < -0.39 is 0 Å². The van der Waals surface area contributed by atoms with Crippen LogP contribution in [-0.2, 0) is 16.1 Å². The Kier molecular flexibility index (Phi) is 6.72. The van der Waals surface area contributed by atoms with E-state index in [9.17, 15) is 9.59 Å². The molecule has 0 bridgehead atoms. The van der Waals surface area contributed by atoms with Crippen molar-refractivity contribution < 1.29 is 9.59 Å². The Morgan fingerprint density at radius 2 is 2.10 bits per heavy atom. The first-order chi connectivity index (χ1) is 9.51. The third kappa shape index (κ3) is 6.33. The summed E-state index contributed by atoms with van der Waals surface area (Å²) in [7, 11) is 1.57. The summed E-state index contributed by atoms with van der Waals surface area (Å²) in [5, 5.41) is 12.5. The number of rotatable bonds is 8. The molecule has 1 rings (SSSR count). The Balaban J connectivity index is 2.30. The van der Waals surface area contributed by atoms with Crippen LogP contribution in [0.1, 0.15) is 26.7 Å². The summed E-state index contributed by atoms with van der Waals surface area (Å²) in [5.41, 5.74) is 0.607.